The molecule has 1 fully saturated rings. The van der Waals surface area contributed by atoms with Crippen molar-refractivity contribution < 1.29 is 23.5 Å². The maximum absolute atomic E-state index is 13.2. The van der Waals surface area contributed by atoms with Gasteiger partial charge in [0.2, 0.25) is 11.8 Å². The Hall–Kier alpha value is -3.02. The Labute approximate surface area is 150 Å². The Balaban J connectivity index is 1.92. The number of ether oxygens (including phenoxy) is 1. The first-order chi connectivity index (χ1) is 12.5. The van der Waals surface area contributed by atoms with Crippen molar-refractivity contribution >= 4 is 17.8 Å². The minimum Gasteiger partial charge on any atom is -0.468 e. The molecule has 134 valence electrons. The van der Waals surface area contributed by atoms with Gasteiger partial charge in [0.05, 0.1) is 13.7 Å². The second kappa shape index (κ2) is 7.47. The van der Waals surface area contributed by atoms with Crippen LogP contribution in [0, 0.1) is 11.7 Å². The number of rotatable bonds is 4. The molecule has 0 aliphatic carbocycles. The number of carbonyl (C=O) groups excluding carboxylic acids is 3. The Morgan fingerprint density at radius 3 is 2.38 bits per heavy atom. The zero-order valence-corrected chi connectivity index (χ0v) is 14.2. The van der Waals surface area contributed by atoms with Crippen molar-refractivity contribution in [1.29, 1.82) is 0 Å². The lowest BCUT2D eigenvalue weighted by Gasteiger charge is -2.35. The highest BCUT2D eigenvalue weighted by Gasteiger charge is 2.46. The molecule has 2 atom stereocenters. The van der Waals surface area contributed by atoms with E-state index in [1.54, 1.807) is 12.1 Å². The second-order valence-electron chi connectivity index (χ2n) is 6.17. The number of imide groups is 1. The maximum atomic E-state index is 13.2. The standard InChI is InChI=1S/C20H18FNO4/c1-26-20(25)18-16(14-7-9-15(21)10-8-14)11-17(23)22(19(18)24)12-13-5-3-2-4-6-13/h2-10,16,18H,11-12H2,1H3/t16-,18-/m1/s1. The first-order valence-corrected chi connectivity index (χ1v) is 8.22. The van der Waals surface area contributed by atoms with Gasteiger partial charge in [0.15, 0.2) is 0 Å². The number of amides is 2. The Bertz CT molecular complexity index is 819. The van der Waals surface area contributed by atoms with E-state index in [1.807, 2.05) is 18.2 Å². The normalized spacial score (nSPS) is 20.2. The molecule has 0 saturated carbocycles. The smallest absolute Gasteiger partial charge is 0.318 e. The molecule has 0 spiro atoms. The molecule has 1 saturated heterocycles. The molecule has 2 aromatic carbocycles. The lowest BCUT2D eigenvalue weighted by molar-refractivity contribution is -0.162. The summed E-state index contributed by atoms with van der Waals surface area (Å²) in [6, 6.07) is 14.5. The van der Waals surface area contributed by atoms with E-state index in [0.717, 1.165) is 10.5 Å². The van der Waals surface area contributed by atoms with Gasteiger partial charge in [-0.1, -0.05) is 42.5 Å². The molecule has 0 aromatic heterocycles. The summed E-state index contributed by atoms with van der Waals surface area (Å²) >= 11 is 0. The average molecular weight is 355 g/mol. The minimum atomic E-state index is -1.13. The number of hydrogen-bond donors (Lipinski definition) is 0. The number of carbonyl (C=O) groups is 3. The van der Waals surface area contributed by atoms with Crippen LogP contribution in [0.2, 0.25) is 0 Å². The molecule has 0 radical (unpaired) electrons. The summed E-state index contributed by atoms with van der Waals surface area (Å²) in [5.74, 6) is -3.89. The molecule has 2 amide bonds. The SMILES string of the molecule is COC(=O)[C@H]1C(=O)N(Cc2ccccc2)C(=O)C[C@@H]1c1ccc(F)cc1. The van der Waals surface area contributed by atoms with E-state index in [4.69, 9.17) is 4.74 Å². The third-order valence-corrected chi connectivity index (χ3v) is 4.57. The fourth-order valence-electron chi connectivity index (χ4n) is 3.22. The lowest BCUT2D eigenvalue weighted by Crippen LogP contribution is -2.50. The number of piperidine rings is 1. The largest absolute Gasteiger partial charge is 0.468 e. The van der Waals surface area contributed by atoms with Crippen LogP contribution in [0.25, 0.3) is 0 Å². The molecular formula is C20H18FNO4. The van der Waals surface area contributed by atoms with Crippen molar-refractivity contribution in [1.82, 2.24) is 4.90 Å². The molecular weight excluding hydrogens is 337 g/mol. The van der Waals surface area contributed by atoms with Gasteiger partial charge < -0.3 is 4.74 Å². The van der Waals surface area contributed by atoms with Crippen molar-refractivity contribution in [2.75, 3.05) is 7.11 Å². The summed E-state index contributed by atoms with van der Waals surface area (Å²) in [6.45, 7) is 0.0993. The van der Waals surface area contributed by atoms with Crippen LogP contribution < -0.4 is 0 Å². The van der Waals surface area contributed by atoms with Gasteiger partial charge in [0, 0.05) is 12.3 Å². The van der Waals surface area contributed by atoms with E-state index in [2.05, 4.69) is 0 Å². The third kappa shape index (κ3) is 3.49. The van der Waals surface area contributed by atoms with Gasteiger partial charge in [-0.25, -0.2) is 4.39 Å². The van der Waals surface area contributed by atoms with Crippen LogP contribution in [0.3, 0.4) is 0 Å². The topological polar surface area (TPSA) is 63.7 Å². The monoisotopic (exact) mass is 355 g/mol. The van der Waals surface area contributed by atoms with Crippen LogP contribution in [-0.2, 0) is 25.7 Å². The van der Waals surface area contributed by atoms with Crippen LogP contribution in [0.1, 0.15) is 23.5 Å². The van der Waals surface area contributed by atoms with Crippen molar-refractivity contribution in [3.8, 4) is 0 Å². The number of methoxy groups -OCH3 is 1. The van der Waals surface area contributed by atoms with Crippen LogP contribution >= 0.6 is 0 Å². The Kier molecular flexibility index (Phi) is 5.11. The summed E-state index contributed by atoms with van der Waals surface area (Å²) in [7, 11) is 1.20. The fraction of sp³-hybridized carbons (Fsp3) is 0.250. The van der Waals surface area contributed by atoms with E-state index in [0.29, 0.717) is 5.56 Å². The number of likely N-dealkylation sites (tertiary alicyclic amines) is 1. The summed E-state index contributed by atoms with van der Waals surface area (Å²) in [6.07, 6.45) is -0.0238. The molecule has 1 aliphatic rings. The van der Waals surface area contributed by atoms with Gasteiger partial charge in [0.25, 0.3) is 0 Å². The highest BCUT2D eigenvalue weighted by atomic mass is 19.1. The number of halogens is 1. The quantitative estimate of drug-likeness (QED) is 0.481. The van der Waals surface area contributed by atoms with Gasteiger partial charge in [-0.3, -0.25) is 19.3 Å². The Morgan fingerprint density at radius 1 is 1.12 bits per heavy atom. The van der Waals surface area contributed by atoms with Gasteiger partial charge >= 0.3 is 5.97 Å². The molecule has 0 unspecified atom stereocenters. The first-order valence-electron chi connectivity index (χ1n) is 8.22. The summed E-state index contributed by atoms with van der Waals surface area (Å²) in [5, 5.41) is 0. The maximum Gasteiger partial charge on any atom is 0.318 e. The molecule has 5 nitrogen and oxygen atoms in total. The van der Waals surface area contributed by atoms with E-state index in [9.17, 15) is 18.8 Å². The lowest BCUT2D eigenvalue weighted by atomic mass is 9.79. The molecule has 0 N–H and O–H groups in total. The third-order valence-electron chi connectivity index (χ3n) is 4.57. The molecule has 1 heterocycles. The molecule has 0 bridgehead atoms. The predicted octanol–water partition coefficient (Wildman–Crippen LogP) is 2.66. The zero-order valence-electron chi connectivity index (χ0n) is 14.2. The van der Waals surface area contributed by atoms with Gasteiger partial charge in [-0.05, 0) is 23.3 Å². The second-order valence-corrected chi connectivity index (χ2v) is 6.17. The van der Waals surface area contributed by atoms with Crippen LogP contribution in [0.4, 0.5) is 4.39 Å². The average Bonchev–Trinajstić information content (AvgIpc) is 2.65. The van der Waals surface area contributed by atoms with Crippen molar-refractivity contribution in [3.05, 3.63) is 71.5 Å². The fourth-order valence-corrected chi connectivity index (χ4v) is 3.22. The summed E-state index contributed by atoms with van der Waals surface area (Å²) in [4.78, 5) is 38.9. The van der Waals surface area contributed by atoms with Crippen LogP contribution in [-0.4, -0.2) is 29.8 Å². The highest BCUT2D eigenvalue weighted by molar-refractivity contribution is 6.08. The van der Waals surface area contributed by atoms with E-state index in [1.165, 1.54) is 31.4 Å². The highest BCUT2D eigenvalue weighted by Crippen LogP contribution is 2.36. The van der Waals surface area contributed by atoms with E-state index < -0.39 is 29.5 Å². The van der Waals surface area contributed by atoms with Crippen LogP contribution in [0.5, 0.6) is 0 Å². The van der Waals surface area contributed by atoms with Crippen molar-refractivity contribution in [2.24, 2.45) is 5.92 Å². The molecule has 6 heteroatoms. The summed E-state index contributed by atoms with van der Waals surface area (Å²) < 4.78 is 18.0. The van der Waals surface area contributed by atoms with E-state index >= 15 is 0 Å². The molecule has 3 rings (SSSR count). The number of benzene rings is 2. The van der Waals surface area contributed by atoms with Crippen molar-refractivity contribution in [3.63, 3.8) is 0 Å². The number of hydrogen-bond acceptors (Lipinski definition) is 4. The summed E-state index contributed by atoms with van der Waals surface area (Å²) in [5.41, 5.74) is 1.35. The number of esters is 1. The predicted molar refractivity (Wildman–Crippen MR) is 91.3 cm³/mol. The minimum absolute atomic E-state index is 0.0238. The van der Waals surface area contributed by atoms with Gasteiger partial charge in [-0.15, -0.1) is 0 Å². The first kappa shape index (κ1) is 17.8. The molecule has 26 heavy (non-hydrogen) atoms. The van der Waals surface area contributed by atoms with E-state index in [-0.39, 0.29) is 18.9 Å². The Morgan fingerprint density at radius 2 is 1.77 bits per heavy atom. The molecule has 1 aliphatic heterocycles. The zero-order chi connectivity index (χ0) is 18.7. The van der Waals surface area contributed by atoms with Gasteiger partial charge in [0.1, 0.15) is 11.7 Å². The molecule has 2 aromatic rings. The van der Waals surface area contributed by atoms with Crippen LogP contribution in [0.15, 0.2) is 54.6 Å². The van der Waals surface area contributed by atoms with Crippen molar-refractivity contribution in [2.45, 2.75) is 18.9 Å². The van der Waals surface area contributed by atoms with Gasteiger partial charge in [-0.2, -0.15) is 0 Å². The number of nitrogens with zero attached hydrogens (tertiary/aromatic N) is 1.